The molecular formula is C12H10FNO. The Bertz CT molecular complexity index is 453. The van der Waals surface area contributed by atoms with Gasteiger partial charge in [0.15, 0.2) is 0 Å². The van der Waals surface area contributed by atoms with Crippen molar-refractivity contribution in [2.75, 3.05) is 7.11 Å². The zero-order valence-electron chi connectivity index (χ0n) is 8.27. The van der Waals surface area contributed by atoms with Crippen LogP contribution in [-0.4, -0.2) is 12.1 Å². The minimum absolute atomic E-state index is 0.471. The van der Waals surface area contributed by atoms with E-state index in [9.17, 15) is 4.39 Å². The molecule has 0 unspecified atom stereocenters. The minimum atomic E-state index is -0.471. The molecule has 0 N–H and O–H groups in total. The summed E-state index contributed by atoms with van der Waals surface area (Å²) in [7, 11) is 1.61. The normalized spacial score (nSPS) is 10.0. The second kappa shape index (κ2) is 4.09. The molecule has 0 atom stereocenters. The molecule has 0 aliphatic rings. The van der Waals surface area contributed by atoms with Gasteiger partial charge in [0.2, 0.25) is 5.95 Å². The van der Waals surface area contributed by atoms with Gasteiger partial charge in [-0.25, -0.2) is 4.98 Å². The maximum Gasteiger partial charge on any atom is 0.212 e. The second-order valence-electron chi connectivity index (χ2n) is 3.10. The van der Waals surface area contributed by atoms with Crippen molar-refractivity contribution in [1.29, 1.82) is 0 Å². The van der Waals surface area contributed by atoms with Crippen molar-refractivity contribution < 1.29 is 9.13 Å². The van der Waals surface area contributed by atoms with Crippen molar-refractivity contribution in [3.8, 4) is 16.9 Å². The lowest BCUT2D eigenvalue weighted by molar-refractivity contribution is 0.415. The monoisotopic (exact) mass is 203 g/mol. The van der Waals surface area contributed by atoms with Gasteiger partial charge in [-0.2, -0.15) is 4.39 Å². The summed E-state index contributed by atoms with van der Waals surface area (Å²) in [6.45, 7) is 0. The van der Waals surface area contributed by atoms with E-state index in [1.165, 1.54) is 12.3 Å². The Labute approximate surface area is 87.4 Å². The van der Waals surface area contributed by atoms with E-state index in [0.717, 1.165) is 16.9 Å². The average Bonchev–Trinajstić information content (AvgIpc) is 2.30. The fraction of sp³-hybridized carbons (Fsp3) is 0.0833. The Morgan fingerprint density at radius 1 is 1.13 bits per heavy atom. The van der Waals surface area contributed by atoms with Crippen LogP contribution in [0.15, 0.2) is 42.6 Å². The number of hydrogen-bond donors (Lipinski definition) is 0. The van der Waals surface area contributed by atoms with Gasteiger partial charge >= 0.3 is 0 Å². The van der Waals surface area contributed by atoms with E-state index in [2.05, 4.69) is 4.98 Å². The summed E-state index contributed by atoms with van der Waals surface area (Å²) in [6.07, 6.45) is 1.50. The predicted molar refractivity (Wildman–Crippen MR) is 56.2 cm³/mol. The fourth-order valence-electron chi connectivity index (χ4n) is 1.35. The lowest BCUT2D eigenvalue weighted by Crippen LogP contribution is -1.85. The fourth-order valence-corrected chi connectivity index (χ4v) is 1.35. The summed E-state index contributed by atoms with van der Waals surface area (Å²) in [5.74, 6) is 0.304. The molecule has 0 fully saturated rings. The number of rotatable bonds is 2. The van der Waals surface area contributed by atoms with Crippen LogP contribution >= 0.6 is 0 Å². The quantitative estimate of drug-likeness (QED) is 0.700. The first-order valence-corrected chi connectivity index (χ1v) is 4.55. The third-order valence-electron chi connectivity index (χ3n) is 2.13. The van der Waals surface area contributed by atoms with E-state index >= 15 is 0 Å². The molecule has 1 aromatic carbocycles. The summed E-state index contributed by atoms with van der Waals surface area (Å²) in [6, 6.07) is 10.6. The van der Waals surface area contributed by atoms with Gasteiger partial charge in [0.1, 0.15) is 5.75 Å². The molecule has 2 nitrogen and oxygen atoms in total. The van der Waals surface area contributed by atoms with Gasteiger partial charge < -0.3 is 4.74 Å². The van der Waals surface area contributed by atoms with Crippen molar-refractivity contribution in [3.05, 3.63) is 48.5 Å². The summed E-state index contributed by atoms with van der Waals surface area (Å²) in [4.78, 5) is 3.60. The van der Waals surface area contributed by atoms with Crippen LogP contribution in [0.3, 0.4) is 0 Å². The third-order valence-corrected chi connectivity index (χ3v) is 2.13. The second-order valence-corrected chi connectivity index (χ2v) is 3.10. The molecule has 15 heavy (non-hydrogen) atoms. The molecule has 76 valence electrons. The zero-order chi connectivity index (χ0) is 10.7. The molecule has 0 saturated heterocycles. The maximum atomic E-state index is 12.6. The van der Waals surface area contributed by atoms with Crippen LogP contribution in [0.5, 0.6) is 5.75 Å². The van der Waals surface area contributed by atoms with Gasteiger partial charge in [-0.15, -0.1) is 0 Å². The summed E-state index contributed by atoms with van der Waals surface area (Å²) in [5.41, 5.74) is 1.83. The summed E-state index contributed by atoms with van der Waals surface area (Å²) in [5, 5.41) is 0. The standard InChI is InChI=1S/C12H10FNO/c1-15-11-4-2-3-9(7-11)10-5-6-12(13)14-8-10/h2-8H,1H3. The molecule has 0 spiro atoms. The van der Waals surface area contributed by atoms with Crippen LogP contribution in [0, 0.1) is 5.95 Å². The first-order valence-electron chi connectivity index (χ1n) is 4.55. The topological polar surface area (TPSA) is 22.1 Å². The molecule has 1 heterocycles. The molecule has 0 saturated carbocycles. The van der Waals surface area contributed by atoms with Crippen molar-refractivity contribution in [2.24, 2.45) is 0 Å². The van der Waals surface area contributed by atoms with Gasteiger partial charge in [-0.05, 0) is 29.8 Å². The van der Waals surface area contributed by atoms with Gasteiger partial charge in [-0.3, -0.25) is 0 Å². The van der Waals surface area contributed by atoms with Crippen LogP contribution < -0.4 is 4.74 Å². The summed E-state index contributed by atoms with van der Waals surface area (Å²) < 4.78 is 17.7. The number of aromatic nitrogens is 1. The number of ether oxygens (including phenoxy) is 1. The highest BCUT2D eigenvalue weighted by atomic mass is 19.1. The molecule has 2 aromatic rings. The maximum absolute atomic E-state index is 12.6. The highest BCUT2D eigenvalue weighted by Crippen LogP contribution is 2.22. The van der Waals surface area contributed by atoms with Crippen LogP contribution in [-0.2, 0) is 0 Å². The highest BCUT2D eigenvalue weighted by molar-refractivity contribution is 5.63. The number of benzene rings is 1. The van der Waals surface area contributed by atoms with Crippen LogP contribution in [0.4, 0.5) is 4.39 Å². The third kappa shape index (κ3) is 2.13. The molecule has 1 aromatic heterocycles. The lowest BCUT2D eigenvalue weighted by atomic mass is 10.1. The molecule has 3 heteroatoms. The Hall–Kier alpha value is -1.90. The minimum Gasteiger partial charge on any atom is -0.497 e. The SMILES string of the molecule is COc1cccc(-c2ccc(F)nc2)c1. The van der Waals surface area contributed by atoms with Crippen molar-refractivity contribution in [3.63, 3.8) is 0 Å². The first kappa shape index (κ1) is 9.65. The predicted octanol–water partition coefficient (Wildman–Crippen LogP) is 2.90. The van der Waals surface area contributed by atoms with Gasteiger partial charge in [-0.1, -0.05) is 12.1 Å². The first-order chi connectivity index (χ1) is 7.29. The van der Waals surface area contributed by atoms with E-state index in [-0.39, 0.29) is 0 Å². The van der Waals surface area contributed by atoms with E-state index in [1.807, 2.05) is 24.3 Å². The van der Waals surface area contributed by atoms with E-state index < -0.39 is 5.95 Å². The van der Waals surface area contributed by atoms with E-state index in [0.29, 0.717) is 0 Å². The van der Waals surface area contributed by atoms with E-state index in [4.69, 9.17) is 4.74 Å². The van der Waals surface area contributed by atoms with Crippen molar-refractivity contribution in [1.82, 2.24) is 4.98 Å². The molecule has 0 aliphatic carbocycles. The molecule has 0 radical (unpaired) electrons. The number of nitrogens with zero attached hydrogens (tertiary/aromatic N) is 1. The largest absolute Gasteiger partial charge is 0.497 e. The summed E-state index contributed by atoms with van der Waals surface area (Å²) >= 11 is 0. The molecule has 0 aliphatic heterocycles. The Kier molecular flexibility index (Phi) is 2.63. The molecule has 0 amide bonds. The number of hydrogen-bond acceptors (Lipinski definition) is 2. The number of pyridine rings is 1. The Morgan fingerprint density at radius 2 is 2.00 bits per heavy atom. The molecule has 0 bridgehead atoms. The Morgan fingerprint density at radius 3 is 2.67 bits per heavy atom. The zero-order valence-corrected chi connectivity index (χ0v) is 8.27. The van der Waals surface area contributed by atoms with Crippen LogP contribution in [0.25, 0.3) is 11.1 Å². The van der Waals surface area contributed by atoms with Crippen molar-refractivity contribution in [2.45, 2.75) is 0 Å². The number of halogens is 1. The molecule has 2 rings (SSSR count). The van der Waals surface area contributed by atoms with Gasteiger partial charge in [0.25, 0.3) is 0 Å². The smallest absolute Gasteiger partial charge is 0.212 e. The number of methoxy groups -OCH3 is 1. The van der Waals surface area contributed by atoms with Gasteiger partial charge in [0, 0.05) is 11.8 Å². The van der Waals surface area contributed by atoms with E-state index in [1.54, 1.807) is 13.2 Å². The highest BCUT2D eigenvalue weighted by Gasteiger charge is 2.00. The van der Waals surface area contributed by atoms with Gasteiger partial charge in [0.05, 0.1) is 7.11 Å². The van der Waals surface area contributed by atoms with Crippen LogP contribution in [0.2, 0.25) is 0 Å². The average molecular weight is 203 g/mol. The molecular weight excluding hydrogens is 193 g/mol. The van der Waals surface area contributed by atoms with Crippen molar-refractivity contribution >= 4 is 0 Å². The lowest BCUT2D eigenvalue weighted by Gasteiger charge is -2.03. The Balaban J connectivity index is 2.40. The van der Waals surface area contributed by atoms with Crippen LogP contribution in [0.1, 0.15) is 0 Å².